The Morgan fingerprint density at radius 3 is 2.08 bits per heavy atom. The molecule has 0 saturated heterocycles. The van der Waals surface area contributed by atoms with Crippen LogP contribution < -0.4 is 11.1 Å². The molecule has 0 heterocycles. The minimum Gasteiger partial charge on any atom is -0.337 e. The summed E-state index contributed by atoms with van der Waals surface area (Å²) in [4.78, 5) is 10.8. The summed E-state index contributed by atoms with van der Waals surface area (Å²) in [5, 5.41) is 2.57. The van der Waals surface area contributed by atoms with Crippen molar-refractivity contribution in [3.05, 3.63) is 12.2 Å². The van der Waals surface area contributed by atoms with Crippen LogP contribution in [0.2, 0.25) is 0 Å². The molecule has 3 N–H and O–H groups in total. The number of amides is 1. The predicted octanol–water partition coefficient (Wildman–Crippen LogP) is 1.64. The molecule has 0 aliphatic carbocycles. The van der Waals surface area contributed by atoms with Crippen molar-refractivity contribution >= 4 is 43.1 Å². The van der Waals surface area contributed by atoms with Crippen molar-refractivity contribution in [1.29, 1.82) is 0 Å². The fourth-order valence-electron chi connectivity index (χ4n) is 0.394. The normalized spacial score (nSPS) is 9.46. The van der Waals surface area contributed by atoms with E-state index in [4.69, 9.17) is 5.73 Å². The summed E-state index contributed by atoms with van der Waals surface area (Å²) in [5.74, 6) is -0.172. The molecule has 0 aliphatic heterocycles. The second kappa shape index (κ2) is 12.0. The Hall–Kier alpha value is 0.0400. The van der Waals surface area contributed by atoms with E-state index in [1.165, 1.54) is 0 Å². The molecule has 6 heteroatoms. The van der Waals surface area contributed by atoms with Crippen LogP contribution in [0.1, 0.15) is 20.3 Å². The Morgan fingerprint density at radius 1 is 1.46 bits per heavy atom. The Balaban J connectivity index is -0.000000135. The number of nitrogens with one attached hydrogen (secondary N) is 1. The van der Waals surface area contributed by atoms with E-state index in [9.17, 15) is 4.79 Å². The molecule has 0 bridgehead atoms. The van der Waals surface area contributed by atoms with Gasteiger partial charge in [-0.25, -0.2) is 0 Å². The van der Waals surface area contributed by atoms with Crippen LogP contribution in [0.3, 0.4) is 0 Å². The predicted molar refractivity (Wildman–Crippen MR) is 63.0 cm³/mol. The quantitative estimate of drug-likeness (QED) is 0.592. The maximum Gasteiger partial charge on any atom is 0.247 e. The molecule has 0 aromatic carbocycles. The third kappa shape index (κ3) is 12.0. The zero-order chi connectivity index (χ0) is 8.15. The fourth-order valence-corrected chi connectivity index (χ4v) is 0.394. The van der Waals surface area contributed by atoms with E-state index in [2.05, 4.69) is 11.9 Å². The highest BCUT2D eigenvalue weighted by Crippen LogP contribution is 1.87. The number of nitrogens with two attached hydrogens (primary N) is 1. The average molecular weight is 252 g/mol. The summed E-state index contributed by atoms with van der Waals surface area (Å²) in [6.45, 7) is 7.03. The molecule has 13 heavy (non-hydrogen) atoms. The van der Waals surface area contributed by atoms with Crippen LogP contribution in [-0.2, 0) is 4.79 Å². The van der Waals surface area contributed by atoms with Crippen molar-refractivity contribution in [2.24, 2.45) is 5.73 Å². The third-order valence-electron chi connectivity index (χ3n) is 1.14. The van der Waals surface area contributed by atoms with Gasteiger partial charge in [0.2, 0.25) is 5.91 Å². The van der Waals surface area contributed by atoms with Crippen LogP contribution in [-0.4, -0.2) is 12.1 Å². The number of halogens is 3. The lowest BCUT2D eigenvalue weighted by Gasteiger charge is -2.10. The van der Waals surface area contributed by atoms with Gasteiger partial charge in [-0.15, -0.1) is 37.2 Å². The van der Waals surface area contributed by atoms with Gasteiger partial charge in [-0.05, 0) is 13.3 Å². The van der Waals surface area contributed by atoms with Crippen LogP contribution in [0, 0.1) is 0 Å². The lowest BCUT2D eigenvalue weighted by molar-refractivity contribution is -0.118. The van der Waals surface area contributed by atoms with Gasteiger partial charge < -0.3 is 11.1 Å². The molecule has 82 valence electrons. The van der Waals surface area contributed by atoms with Crippen LogP contribution in [0.4, 0.5) is 0 Å². The summed E-state index contributed by atoms with van der Waals surface area (Å²) < 4.78 is 0. The van der Waals surface area contributed by atoms with Gasteiger partial charge in [0, 0.05) is 5.57 Å². The van der Waals surface area contributed by atoms with E-state index >= 15 is 0 Å². The second-order valence-corrected chi connectivity index (χ2v) is 2.27. The fraction of sp³-hybridized carbons (Fsp3) is 0.571. The molecule has 1 atom stereocenters. The third-order valence-corrected chi connectivity index (χ3v) is 1.14. The van der Waals surface area contributed by atoms with E-state index in [0.717, 1.165) is 6.42 Å². The van der Waals surface area contributed by atoms with Gasteiger partial charge in [0.25, 0.3) is 0 Å². The van der Waals surface area contributed by atoms with E-state index in [-0.39, 0.29) is 49.3 Å². The summed E-state index contributed by atoms with van der Waals surface area (Å²) in [6, 6.07) is 0. The Bertz CT molecular complexity index is 153. The lowest BCUT2D eigenvalue weighted by Crippen LogP contribution is -2.41. The van der Waals surface area contributed by atoms with Gasteiger partial charge in [-0.1, -0.05) is 13.5 Å². The van der Waals surface area contributed by atoms with Crippen molar-refractivity contribution in [1.82, 2.24) is 5.32 Å². The largest absolute Gasteiger partial charge is 0.337 e. The first-order valence-electron chi connectivity index (χ1n) is 3.30. The summed E-state index contributed by atoms with van der Waals surface area (Å²) in [6.07, 6.45) is 0.489. The first-order chi connectivity index (χ1) is 4.57. The number of rotatable bonds is 3. The Kier molecular flexibility index (Phi) is 21.4. The molecule has 0 aromatic heterocycles. The second-order valence-electron chi connectivity index (χ2n) is 2.27. The highest BCUT2D eigenvalue weighted by atomic mass is 35.5. The summed E-state index contributed by atoms with van der Waals surface area (Å²) >= 11 is 0. The van der Waals surface area contributed by atoms with Crippen LogP contribution >= 0.6 is 37.2 Å². The van der Waals surface area contributed by atoms with E-state index in [0.29, 0.717) is 5.57 Å². The molecule has 0 radical (unpaired) electrons. The number of carbonyl (C=O) groups is 1. The molecular formula is C7H17Cl3N2O. The highest BCUT2D eigenvalue weighted by molar-refractivity contribution is 5.92. The summed E-state index contributed by atoms with van der Waals surface area (Å²) in [5.41, 5.74) is 5.93. The Morgan fingerprint density at radius 2 is 1.85 bits per heavy atom. The smallest absolute Gasteiger partial charge is 0.247 e. The van der Waals surface area contributed by atoms with Crippen molar-refractivity contribution in [3.63, 3.8) is 0 Å². The number of hydrogen-bond acceptors (Lipinski definition) is 2. The molecule has 3 nitrogen and oxygen atoms in total. The zero-order valence-corrected chi connectivity index (χ0v) is 10.2. The van der Waals surface area contributed by atoms with Crippen molar-refractivity contribution in [3.8, 4) is 0 Å². The maximum absolute atomic E-state index is 10.8. The van der Waals surface area contributed by atoms with Gasteiger partial charge in [0.05, 0.1) is 6.17 Å². The maximum atomic E-state index is 10.8. The Labute approximate surface area is 97.7 Å². The van der Waals surface area contributed by atoms with Crippen molar-refractivity contribution in [2.45, 2.75) is 26.4 Å². The molecule has 1 unspecified atom stereocenters. The molecule has 0 spiro atoms. The molecule has 0 rings (SSSR count). The average Bonchev–Trinajstić information content (AvgIpc) is 1.87. The van der Waals surface area contributed by atoms with Crippen molar-refractivity contribution < 1.29 is 4.79 Å². The van der Waals surface area contributed by atoms with Gasteiger partial charge >= 0.3 is 0 Å². The molecule has 0 saturated carbocycles. The first kappa shape index (κ1) is 23.1. The van der Waals surface area contributed by atoms with E-state index in [1.54, 1.807) is 6.92 Å². The molecule has 1 amide bonds. The SMILES string of the molecule is C=C(C)C(=O)NC(N)CC.Cl.Cl.Cl. The van der Waals surface area contributed by atoms with Gasteiger partial charge in [-0.2, -0.15) is 0 Å². The van der Waals surface area contributed by atoms with E-state index < -0.39 is 0 Å². The topological polar surface area (TPSA) is 55.1 Å². The monoisotopic (exact) mass is 250 g/mol. The highest BCUT2D eigenvalue weighted by Gasteiger charge is 2.04. The van der Waals surface area contributed by atoms with Gasteiger partial charge in [-0.3, -0.25) is 4.79 Å². The minimum atomic E-state index is -0.246. The summed E-state index contributed by atoms with van der Waals surface area (Å²) in [7, 11) is 0. The molecule has 0 aliphatic rings. The number of carbonyl (C=O) groups excluding carboxylic acids is 1. The van der Waals surface area contributed by atoms with Crippen LogP contribution in [0.5, 0.6) is 0 Å². The molecular weight excluding hydrogens is 234 g/mol. The van der Waals surface area contributed by atoms with Gasteiger partial charge in [0.1, 0.15) is 0 Å². The van der Waals surface area contributed by atoms with Crippen LogP contribution in [0.25, 0.3) is 0 Å². The van der Waals surface area contributed by atoms with Crippen molar-refractivity contribution in [2.75, 3.05) is 0 Å². The first-order valence-corrected chi connectivity index (χ1v) is 3.30. The molecule has 0 fully saturated rings. The minimum absolute atomic E-state index is 0. The lowest BCUT2D eigenvalue weighted by atomic mass is 10.3. The van der Waals surface area contributed by atoms with E-state index in [1.807, 2.05) is 6.92 Å². The van der Waals surface area contributed by atoms with Crippen LogP contribution in [0.15, 0.2) is 12.2 Å². The number of hydrogen-bond donors (Lipinski definition) is 2. The van der Waals surface area contributed by atoms with Gasteiger partial charge in [0.15, 0.2) is 0 Å². The zero-order valence-electron chi connectivity index (χ0n) is 7.70. The molecule has 0 aromatic rings. The standard InChI is InChI=1S/C7H14N2O.3ClH/c1-4-6(8)9-7(10)5(2)3;;;/h6H,2,4,8H2,1,3H3,(H,9,10);3*1H.